The molecule has 0 spiro atoms. The number of nitrogens with one attached hydrogen (secondary N) is 2. The Hall–Kier alpha value is -2.14. The molecule has 0 saturated heterocycles. The first-order valence-corrected chi connectivity index (χ1v) is 7.10. The van der Waals surface area contributed by atoms with Gasteiger partial charge in [-0.2, -0.15) is 0 Å². The van der Waals surface area contributed by atoms with Crippen LogP contribution in [-0.2, 0) is 4.74 Å². The highest BCUT2D eigenvalue weighted by atomic mass is 16.5. The van der Waals surface area contributed by atoms with E-state index in [0.717, 1.165) is 11.8 Å². The van der Waals surface area contributed by atoms with Crippen LogP contribution in [0.15, 0.2) is 35.1 Å². The maximum Gasteiger partial charge on any atom is 0.267 e. The van der Waals surface area contributed by atoms with Crippen molar-refractivity contribution in [3.8, 4) is 0 Å². The molecule has 2 rings (SSSR count). The zero-order valence-electron chi connectivity index (χ0n) is 12.3. The van der Waals surface area contributed by atoms with Crippen molar-refractivity contribution < 1.29 is 9.53 Å². The average molecular weight is 288 g/mol. The Kier molecular flexibility index (Phi) is 5.11. The molecule has 0 aliphatic rings. The summed E-state index contributed by atoms with van der Waals surface area (Å²) in [7, 11) is 0. The molecule has 5 nitrogen and oxygen atoms in total. The van der Waals surface area contributed by atoms with Crippen molar-refractivity contribution in [2.45, 2.75) is 26.4 Å². The standard InChI is InChI=1S/C16H20N2O3/c1-11(2)21-9-5-8-17-16(20)14-10-12-6-3-4-7-13(12)15(19)18-14/h3-4,6-7,10-11H,5,8-9H2,1-2H3,(H,17,20)(H,18,19). The fourth-order valence-corrected chi connectivity index (χ4v) is 2.02. The van der Waals surface area contributed by atoms with Crippen LogP contribution in [0.5, 0.6) is 0 Å². The number of carbonyl (C=O) groups excluding carboxylic acids is 1. The summed E-state index contributed by atoms with van der Waals surface area (Å²) in [5.41, 5.74) is 0.0323. The van der Waals surface area contributed by atoms with Crippen LogP contribution in [0.1, 0.15) is 30.8 Å². The van der Waals surface area contributed by atoms with Gasteiger partial charge in [0.1, 0.15) is 5.69 Å². The lowest BCUT2D eigenvalue weighted by molar-refractivity contribution is 0.0756. The van der Waals surface area contributed by atoms with E-state index in [-0.39, 0.29) is 23.3 Å². The number of fused-ring (bicyclic) bond motifs is 1. The predicted molar refractivity (Wildman–Crippen MR) is 82.6 cm³/mol. The molecule has 21 heavy (non-hydrogen) atoms. The normalized spacial score (nSPS) is 11.0. The maximum absolute atomic E-state index is 12.0. The first-order chi connectivity index (χ1) is 10.1. The molecule has 0 bridgehead atoms. The van der Waals surface area contributed by atoms with E-state index in [4.69, 9.17) is 4.74 Å². The lowest BCUT2D eigenvalue weighted by Gasteiger charge is -2.08. The summed E-state index contributed by atoms with van der Waals surface area (Å²) in [6.45, 7) is 5.06. The van der Waals surface area contributed by atoms with Crippen molar-refractivity contribution in [2.75, 3.05) is 13.2 Å². The van der Waals surface area contributed by atoms with Gasteiger partial charge < -0.3 is 15.0 Å². The lowest BCUT2D eigenvalue weighted by Crippen LogP contribution is -2.28. The number of ether oxygens (including phenoxy) is 1. The van der Waals surface area contributed by atoms with Gasteiger partial charge in [-0.05, 0) is 37.8 Å². The number of hydrogen-bond acceptors (Lipinski definition) is 3. The van der Waals surface area contributed by atoms with E-state index in [1.165, 1.54) is 0 Å². The highest BCUT2D eigenvalue weighted by molar-refractivity contribution is 5.96. The summed E-state index contributed by atoms with van der Waals surface area (Å²) in [6, 6.07) is 8.88. The zero-order chi connectivity index (χ0) is 15.2. The molecule has 1 amide bonds. The number of amides is 1. The molecular formula is C16H20N2O3. The van der Waals surface area contributed by atoms with E-state index in [1.54, 1.807) is 18.2 Å². The monoisotopic (exact) mass is 288 g/mol. The topological polar surface area (TPSA) is 71.2 Å². The van der Waals surface area contributed by atoms with Gasteiger partial charge >= 0.3 is 0 Å². The summed E-state index contributed by atoms with van der Waals surface area (Å²) >= 11 is 0. The van der Waals surface area contributed by atoms with E-state index >= 15 is 0 Å². The summed E-state index contributed by atoms with van der Waals surface area (Å²) in [6.07, 6.45) is 0.930. The van der Waals surface area contributed by atoms with Gasteiger partial charge in [0.05, 0.1) is 6.10 Å². The Morgan fingerprint density at radius 3 is 2.86 bits per heavy atom. The fraction of sp³-hybridized carbons (Fsp3) is 0.375. The van der Waals surface area contributed by atoms with E-state index in [0.29, 0.717) is 18.5 Å². The molecule has 112 valence electrons. The third kappa shape index (κ3) is 4.16. The van der Waals surface area contributed by atoms with Gasteiger partial charge in [0, 0.05) is 18.5 Å². The molecule has 0 aliphatic carbocycles. The number of rotatable bonds is 6. The number of aromatic nitrogens is 1. The van der Waals surface area contributed by atoms with Gasteiger partial charge in [-0.25, -0.2) is 0 Å². The number of pyridine rings is 1. The van der Waals surface area contributed by atoms with Crippen LogP contribution in [-0.4, -0.2) is 30.1 Å². The largest absolute Gasteiger partial charge is 0.379 e. The number of aromatic amines is 1. The molecule has 1 heterocycles. The number of benzene rings is 1. The molecule has 5 heteroatoms. The van der Waals surface area contributed by atoms with Gasteiger partial charge in [0.15, 0.2) is 0 Å². The van der Waals surface area contributed by atoms with Crippen LogP contribution in [0.2, 0.25) is 0 Å². The maximum atomic E-state index is 12.0. The Labute approximate surface area is 123 Å². The second kappa shape index (κ2) is 7.04. The van der Waals surface area contributed by atoms with Crippen LogP contribution < -0.4 is 10.9 Å². The third-order valence-corrected chi connectivity index (χ3v) is 3.06. The molecule has 0 saturated carbocycles. The minimum atomic E-state index is -0.276. The number of H-pyrrole nitrogens is 1. The third-order valence-electron chi connectivity index (χ3n) is 3.06. The Bertz CT molecular complexity index is 677. The molecule has 0 unspecified atom stereocenters. The van der Waals surface area contributed by atoms with Crippen LogP contribution in [0.4, 0.5) is 0 Å². The first-order valence-electron chi connectivity index (χ1n) is 7.10. The second-order valence-electron chi connectivity index (χ2n) is 5.13. The van der Waals surface area contributed by atoms with Crippen molar-refractivity contribution in [1.82, 2.24) is 10.3 Å². The smallest absolute Gasteiger partial charge is 0.267 e. The summed E-state index contributed by atoms with van der Waals surface area (Å²) < 4.78 is 5.40. The van der Waals surface area contributed by atoms with Crippen LogP contribution >= 0.6 is 0 Å². The van der Waals surface area contributed by atoms with Crippen molar-refractivity contribution >= 4 is 16.7 Å². The van der Waals surface area contributed by atoms with E-state index in [9.17, 15) is 9.59 Å². The quantitative estimate of drug-likeness (QED) is 0.799. The molecular weight excluding hydrogens is 268 g/mol. The zero-order valence-corrected chi connectivity index (χ0v) is 12.3. The van der Waals surface area contributed by atoms with Gasteiger partial charge in [0.25, 0.3) is 11.5 Å². The summed E-state index contributed by atoms with van der Waals surface area (Å²) in [4.78, 5) is 26.5. The Morgan fingerprint density at radius 1 is 1.33 bits per heavy atom. The molecule has 2 N–H and O–H groups in total. The Morgan fingerprint density at radius 2 is 2.10 bits per heavy atom. The lowest BCUT2D eigenvalue weighted by atomic mass is 10.1. The summed E-state index contributed by atoms with van der Waals surface area (Å²) in [5, 5.41) is 4.12. The van der Waals surface area contributed by atoms with Gasteiger partial charge in [-0.15, -0.1) is 0 Å². The van der Waals surface area contributed by atoms with Gasteiger partial charge in [-0.1, -0.05) is 18.2 Å². The SMILES string of the molecule is CC(C)OCCCNC(=O)c1cc2ccccc2c(=O)[nH]1. The second-order valence-corrected chi connectivity index (χ2v) is 5.13. The highest BCUT2D eigenvalue weighted by Crippen LogP contribution is 2.09. The molecule has 1 aromatic carbocycles. The van der Waals surface area contributed by atoms with E-state index < -0.39 is 0 Å². The molecule has 1 aromatic heterocycles. The molecule has 0 atom stereocenters. The molecule has 0 radical (unpaired) electrons. The predicted octanol–water partition coefficient (Wildman–Crippen LogP) is 2.07. The van der Waals surface area contributed by atoms with E-state index in [1.807, 2.05) is 26.0 Å². The van der Waals surface area contributed by atoms with Gasteiger partial charge in [-0.3, -0.25) is 9.59 Å². The van der Waals surface area contributed by atoms with Crippen LogP contribution in [0.25, 0.3) is 10.8 Å². The molecule has 0 aliphatic heterocycles. The van der Waals surface area contributed by atoms with Crippen molar-refractivity contribution in [3.05, 3.63) is 46.4 Å². The number of carbonyl (C=O) groups is 1. The van der Waals surface area contributed by atoms with Crippen LogP contribution in [0.3, 0.4) is 0 Å². The van der Waals surface area contributed by atoms with Gasteiger partial charge in [0.2, 0.25) is 0 Å². The Balaban J connectivity index is 1.98. The van der Waals surface area contributed by atoms with E-state index in [2.05, 4.69) is 10.3 Å². The molecule has 0 fully saturated rings. The van der Waals surface area contributed by atoms with Crippen molar-refractivity contribution in [2.24, 2.45) is 0 Å². The highest BCUT2D eigenvalue weighted by Gasteiger charge is 2.08. The molecule has 2 aromatic rings. The number of hydrogen-bond donors (Lipinski definition) is 2. The average Bonchev–Trinajstić information content (AvgIpc) is 2.46. The minimum absolute atomic E-state index is 0.192. The summed E-state index contributed by atoms with van der Waals surface area (Å²) in [5.74, 6) is -0.276. The van der Waals surface area contributed by atoms with Crippen LogP contribution in [0, 0.1) is 0 Å². The van der Waals surface area contributed by atoms with Crippen molar-refractivity contribution in [3.63, 3.8) is 0 Å². The first kappa shape index (κ1) is 15.3. The minimum Gasteiger partial charge on any atom is -0.379 e. The van der Waals surface area contributed by atoms with Crippen molar-refractivity contribution in [1.29, 1.82) is 0 Å². The fourth-order valence-electron chi connectivity index (χ4n) is 2.02.